The van der Waals surface area contributed by atoms with Crippen molar-refractivity contribution in [3.05, 3.63) is 59.7 Å². The number of carbonyl (C=O) groups is 7. The van der Waals surface area contributed by atoms with E-state index in [2.05, 4.69) is 26.6 Å². The Hall–Kier alpha value is -5.63. The van der Waals surface area contributed by atoms with Gasteiger partial charge in [0.25, 0.3) is 0 Å². The third kappa shape index (κ3) is 12.4. The third-order valence-electron chi connectivity index (χ3n) is 9.78. The fourth-order valence-corrected chi connectivity index (χ4v) is 6.66. The van der Waals surface area contributed by atoms with Crippen LogP contribution in [0.4, 0.5) is 4.79 Å². The van der Waals surface area contributed by atoms with Crippen molar-refractivity contribution in [2.24, 2.45) is 11.7 Å². The Morgan fingerprint density at radius 2 is 1.41 bits per heavy atom. The number of aliphatic hydroxyl groups is 2. The van der Waals surface area contributed by atoms with Crippen LogP contribution < -0.4 is 32.3 Å². The van der Waals surface area contributed by atoms with Crippen molar-refractivity contribution in [3.63, 3.8) is 0 Å². The Bertz CT molecular complexity index is 1760. The fraction of sp³-hybridized carbons (Fsp3) is 0.513. The zero-order valence-electron chi connectivity index (χ0n) is 32.5. The summed E-state index contributed by atoms with van der Waals surface area (Å²) in [6.07, 6.45) is -7.09. The van der Waals surface area contributed by atoms with E-state index in [-0.39, 0.29) is 58.1 Å². The summed E-state index contributed by atoms with van der Waals surface area (Å²) in [4.78, 5) is 87.9. The van der Waals surface area contributed by atoms with Crippen molar-refractivity contribution >= 4 is 41.6 Å². The molecule has 4 rings (SSSR count). The van der Waals surface area contributed by atoms with Gasteiger partial charge in [0.1, 0.15) is 49.8 Å². The molecule has 0 saturated carbocycles. The number of carbonyl (C=O) groups excluding carboxylic acids is 6. The Labute approximate surface area is 334 Å². The van der Waals surface area contributed by atoms with Gasteiger partial charge in [0.15, 0.2) is 0 Å². The first kappa shape index (κ1) is 45.1. The van der Waals surface area contributed by atoms with Crippen molar-refractivity contribution in [2.45, 2.75) is 94.9 Å². The van der Waals surface area contributed by atoms with Crippen LogP contribution >= 0.6 is 0 Å². The first-order chi connectivity index (χ1) is 27.6. The molecule has 0 radical (unpaired) electrons. The second-order valence-corrected chi connectivity index (χ2v) is 14.4. The number of ether oxygens (including phenoxy) is 3. The number of alkyl carbamates (subject to hydrolysis) is 1. The van der Waals surface area contributed by atoms with E-state index in [0.717, 1.165) is 22.3 Å². The molecule has 2 aliphatic rings. The number of hydrogen-bond acceptors (Lipinski definition) is 12. The number of aliphatic carboxylic acids is 1. The van der Waals surface area contributed by atoms with Gasteiger partial charge in [0, 0.05) is 18.9 Å². The van der Waals surface area contributed by atoms with Crippen LogP contribution in [0, 0.1) is 5.92 Å². The van der Waals surface area contributed by atoms with Gasteiger partial charge in [-0.25, -0.2) is 4.79 Å². The highest BCUT2D eigenvalue weighted by Crippen LogP contribution is 2.44. The number of amides is 6. The number of carboxylic acids is 1. The van der Waals surface area contributed by atoms with Gasteiger partial charge in [-0.05, 0) is 41.5 Å². The Kier molecular flexibility index (Phi) is 16.5. The minimum atomic E-state index is -1.41. The number of carboxylic acid groups (broad SMARTS) is 1. The van der Waals surface area contributed by atoms with E-state index in [1.54, 1.807) is 13.8 Å². The second kappa shape index (κ2) is 21.2. The summed E-state index contributed by atoms with van der Waals surface area (Å²) < 4.78 is 16.2. The van der Waals surface area contributed by atoms with Gasteiger partial charge in [-0.2, -0.15) is 0 Å². The molecule has 2 aromatic carbocycles. The molecule has 7 atom stereocenters. The van der Waals surface area contributed by atoms with Gasteiger partial charge in [-0.1, -0.05) is 62.4 Å². The standard InChI is InChI=1S/C39H52N6O13/c1-20(2)33(38(54)43-21(3)36(52)42-19-56-15-14-32(48)49)45-37(53)27(12-13-31(47)41-17-29-35(51)34(50)28(58-29)16-30(40)46)44-39(55)57-18-26-24-10-6-4-8-22(24)23-9-5-7-11-25(23)26/h4-11,20-21,26-29,33-35,50-51H,12-19H2,1-3H3,(H2,40,46)(H,41,47)(H,42,52)(H,43,54)(H,44,55)(H,45,53)(H,48,49)/t21-,27-,28-,29+,33-,34-,35+/m0/s1. The topological polar surface area (TPSA) is 294 Å². The Morgan fingerprint density at radius 3 is 2.02 bits per heavy atom. The molecule has 1 saturated heterocycles. The van der Waals surface area contributed by atoms with Gasteiger partial charge < -0.3 is 61.8 Å². The minimum absolute atomic E-state index is 0.0669. The van der Waals surface area contributed by atoms with Crippen molar-refractivity contribution < 1.29 is 63.1 Å². The van der Waals surface area contributed by atoms with Crippen LogP contribution in [0.1, 0.15) is 63.5 Å². The lowest BCUT2D eigenvalue weighted by Gasteiger charge is -2.26. The largest absolute Gasteiger partial charge is 0.481 e. The molecule has 1 aliphatic heterocycles. The predicted octanol–water partition coefficient (Wildman–Crippen LogP) is -0.635. The molecule has 1 aliphatic carbocycles. The number of nitrogens with one attached hydrogen (secondary N) is 5. The quantitative estimate of drug-likeness (QED) is 0.0561. The maximum absolute atomic E-state index is 13.8. The smallest absolute Gasteiger partial charge is 0.407 e. The molecule has 316 valence electrons. The summed E-state index contributed by atoms with van der Waals surface area (Å²) in [6.45, 7) is 3.96. The molecule has 1 heterocycles. The van der Waals surface area contributed by atoms with Crippen LogP contribution in [0.5, 0.6) is 0 Å². The van der Waals surface area contributed by atoms with Gasteiger partial charge in [-0.15, -0.1) is 0 Å². The molecule has 2 aromatic rings. The molecule has 0 aromatic heterocycles. The van der Waals surface area contributed by atoms with E-state index >= 15 is 0 Å². The zero-order valence-corrected chi connectivity index (χ0v) is 32.5. The number of hydrogen-bond donors (Lipinski definition) is 9. The average Bonchev–Trinajstić information content (AvgIpc) is 3.64. The molecular weight excluding hydrogens is 760 g/mol. The van der Waals surface area contributed by atoms with Crippen LogP contribution in [-0.2, 0) is 43.0 Å². The molecule has 19 heteroatoms. The third-order valence-corrected chi connectivity index (χ3v) is 9.78. The van der Waals surface area contributed by atoms with Crippen LogP contribution in [0.25, 0.3) is 11.1 Å². The molecule has 10 N–H and O–H groups in total. The average molecular weight is 813 g/mol. The number of nitrogens with two attached hydrogens (primary N) is 1. The van der Waals surface area contributed by atoms with Gasteiger partial charge in [0.2, 0.25) is 29.5 Å². The van der Waals surface area contributed by atoms with Gasteiger partial charge >= 0.3 is 12.1 Å². The fourth-order valence-electron chi connectivity index (χ4n) is 6.66. The zero-order chi connectivity index (χ0) is 42.5. The maximum atomic E-state index is 13.8. The molecule has 0 unspecified atom stereocenters. The van der Waals surface area contributed by atoms with E-state index in [1.807, 2.05) is 48.5 Å². The van der Waals surface area contributed by atoms with E-state index in [1.165, 1.54) is 6.92 Å². The summed E-state index contributed by atoms with van der Waals surface area (Å²) in [5.74, 6) is -5.40. The highest BCUT2D eigenvalue weighted by Gasteiger charge is 2.43. The molecule has 0 spiro atoms. The van der Waals surface area contributed by atoms with Gasteiger partial charge in [0.05, 0.1) is 25.6 Å². The van der Waals surface area contributed by atoms with Crippen LogP contribution in [0.3, 0.4) is 0 Å². The van der Waals surface area contributed by atoms with E-state index in [9.17, 15) is 43.8 Å². The second-order valence-electron chi connectivity index (χ2n) is 14.4. The van der Waals surface area contributed by atoms with E-state index in [0.29, 0.717) is 0 Å². The number of aliphatic hydroxyl groups excluding tert-OH is 2. The Balaban J connectivity index is 1.40. The summed E-state index contributed by atoms with van der Waals surface area (Å²) in [5, 5.41) is 41.9. The maximum Gasteiger partial charge on any atom is 0.407 e. The first-order valence-corrected chi connectivity index (χ1v) is 18.9. The van der Waals surface area contributed by atoms with Crippen LogP contribution in [-0.4, -0.2) is 126 Å². The summed E-state index contributed by atoms with van der Waals surface area (Å²) in [7, 11) is 0. The molecule has 6 amide bonds. The molecule has 19 nitrogen and oxygen atoms in total. The van der Waals surface area contributed by atoms with Crippen molar-refractivity contribution in [1.82, 2.24) is 26.6 Å². The van der Waals surface area contributed by atoms with Crippen LogP contribution in [0.15, 0.2) is 48.5 Å². The lowest BCUT2D eigenvalue weighted by Crippen LogP contribution is -2.58. The van der Waals surface area contributed by atoms with Crippen molar-refractivity contribution in [3.8, 4) is 11.1 Å². The monoisotopic (exact) mass is 812 g/mol. The molecule has 1 fully saturated rings. The van der Waals surface area contributed by atoms with Crippen molar-refractivity contribution in [2.75, 3.05) is 26.5 Å². The number of rotatable bonds is 21. The Morgan fingerprint density at radius 1 is 0.793 bits per heavy atom. The minimum Gasteiger partial charge on any atom is -0.481 e. The summed E-state index contributed by atoms with van der Waals surface area (Å²) >= 11 is 0. The van der Waals surface area contributed by atoms with Gasteiger partial charge in [-0.3, -0.25) is 28.8 Å². The number of fused-ring (bicyclic) bond motifs is 3. The molecule has 0 bridgehead atoms. The van der Waals surface area contributed by atoms with Crippen molar-refractivity contribution in [1.29, 1.82) is 0 Å². The molecule has 58 heavy (non-hydrogen) atoms. The van der Waals surface area contributed by atoms with E-state index < -0.39 is 90.1 Å². The lowest BCUT2D eigenvalue weighted by atomic mass is 9.98. The summed E-state index contributed by atoms with van der Waals surface area (Å²) in [5.41, 5.74) is 9.13. The van der Waals surface area contributed by atoms with Crippen LogP contribution in [0.2, 0.25) is 0 Å². The summed E-state index contributed by atoms with van der Waals surface area (Å²) in [6, 6.07) is 11.8. The highest BCUT2D eigenvalue weighted by atomic mass is 16.6. The lowest BCUT2D eigenvalue weighted by molar-refractivity contribution is -0.138. The predicted molar refractivity (Wildman–Crippen MR) is 204 cm³/mol. The van der Waals surface area contributed by atoms with E-state index in [4.69, 9.17) is 25.1 Å². The number of benzene rings is 2. The normalized spacial score (nSPS) is 19.8. The number of primary amides is 1. The first-order valence-electron chi connectivity index (χ1n) is 18.9. The molecular formula is C39H52N6O13. The highest BCUT2D eigenvalue weighted by molar-refractivity contribution is 5.94. The SMILES string of the molecule is CC(C)[C@H](NC(=O)[C@H](CCC(=O)NC[C@H]1O[C@@H](CC(N)=O)[C@H](O)[C@@H]1O)NC(=O)OCC1c2ccccc2-c2ccccc21)C(=O)N[C@@H](C)C(=O)NCOCCC(=O)O.